The van der Waals surface area contributed by atoms with Gasteiger partial charge in [0.05, 0.1) is 6.10 Å². The van der Waals surface area contributed by atoms with Gasteiger partial charge in [0.15, 0.2) is 11.9 Å². The molecule has 30 heavy (non-hydrogen) atoms. The SMILES string of the molecule is C/C=C(\N=NC)C(=O)O.CCC1OC(N(C=O)/C=C\C(=O)NC)C(OC)C1C(C)C. The van der Waals surface area contributed by atoms with E-state index >= 15 is 0 Å². The number of azo groups is 1. The van der Waals surface area contributed by atoms with Crippen molar-refractivity contribution in [3.63, 3.8) is 0 Å². The van der Waals surface area contributed by atoms with Gasteiger partial charge >= 0.3 is 5.97 Å². The summed E-state index contributed by atoms with van der Waals surface area (Å²) in [4.78, 5) is 34.1. The van der Waals surface area contributed by atoms with Crippen molar-refractivity contribution in [3.8, 4) is 0 Å². The summed E-state index contributed by atoms with van der Waals surface area (Å²) in [5, 5.41) is 17.4. The first-order valence-corrected chi connectivity index (χ1v) is 9.72. The fourth-order valence-electron chi connectivity index (χ4n) is 3.19. The maximum atomic E-state index is 11.3. The fourth-order valence-corrected chi connectivity index (χ4v) is 3.19. The zero-order valence-corrected chi connectivity index (χ0v) is 18.7. The second-order valence-electron chi connectivity index (χ2n) is 6.76. The number of amides is 2. The molecule has 0 saturated carbocycles. The van der Waals surface area contributed by atoms with Crippen LogP contribution in [-0.4, -0.2) is 67.9 Å². The van der Waals surface area contributed by atoms with Crippen LogP contribution in [0.3, 0.4) is 0 Å². The van der Waals surface area contributed by atoms with Gasteiger partial charge in [0, 0.05) is 39.4 Å². The number of carboxylic acids is 1. The standard InChI is InChI=1S/C15H26N2O4.C5H8N2O2/c1-6-11-13(10(2)3)14(20-5)15(21-11)17(9-18)8-7-12(19)16-4;1-3-4(5(8)9)7-6-2/h7-11,13-15H,6H2,1-5H3,(H,16,19);3H,1-2H3,(H,8,9)/b8-7-;4-3-,7-6?. The third-order valence-corrected chi connectivity index (χ3v) is 4.61. The highest BCUT2D eigenvalue weighted by Crippen LogP contribution is 2.37. The first-order chi connectivity index (χ1) is 14.2. The van der Waals surface area contributed by atoms with Crippen molar-refractivity contribution in [2.75, 3.05) is 21.2 Å². The van der Waals surface area contributed by atoms with Crippen LogP contribution in [0.1, 0.15) is 34.1 Å². The zero-order valence-electron chi connectivity index (χ0n) is 18.7. The minimum Gasteiger partial charge on any atom is -0.476 e. The first-order valence-electron chi connectivity index (χ1n) is 9.72. The van der Waals surface area contributed by atoms with E-state index in [2.05, 4.69) is 36.3 Å². The third kappa shape index (κ3) is 8.03. The summed E-state index contributed by atoms with van der Waals surface area (Å²) in [5.41, 5.74) is -0.0301. The van der Waals surface area contributed by atoms with Crippen LogP contribution in [0.2, 0.25) is 0 Å². The summed E-state index contributed by atoms with van der Waals surface area (Å²) < 4.78 is 11.6. The normalized spacial score (nSPS) is 24.1. The van der Waals surface area contributed by atoms with Crippen molar-refractivity contribution < 1.29 is 29.0 Å². The molecule has 0 aromatic carbocycles. The molecular weight excluding hydrogens is 392 g/mol. The van der Waals surface area contributed by atoms with E-state index in [0.29, 0.717) is 12.3 Å². The number of carbonyl (C=O) groups is 3. The molecule has 10 heteroatoms. The monoisotopic (exact) mass is 426 g/mol. The Kier molecular flexibility index (Phi) is 13.2. The van der Waals surface area contributed by atoms with Crippen LogP contribution in [0.15, 0.2) is 34.3 Å². The maximum absolute atomic E-state index is 11.3. The lowest BCUT2D eigenvalue weighted by Crippen LogP contribution is -2.41. The van der Waals surface area contributed by atoms with Crippen LogP contribution in [-0.2, 0) is 23.9 Å². The van der Waals surface area contributed by atoms with Crippen LogP contribution in [0.5, 0.6) is 0 Å². The Bertz CT molecular complexity index is 647. The number of ether oxygens (including phenoxy) is 2. The van der Waals surface area contributed by atoms with Gasteiger partial charge in [0.25, 0.3) is 0 Å². The highest BCUT2D eigenvalue weighted by atomic mass is 16.6. The Morgan fingerprint density at radius 2 is 2.00 bits per heavy atom. The summed E-state index contributed by atoms with van der Waals surface area (Å²) in [5.74, 6) is -0.744. The number of nitrogens with zero attached hydrogens (tertiary/aromatic N) is 3. The van der Waals surface area contributed by atoms with Gasteiger partial charge in [0.2, 0.25) is 12.3 Å². The van der Waals surface area contributed by atoms with E-state index in [-0.39, 0.29) is 29.7 Å². The first kappa shape index (κ1) is 27.4. The molecule has 1 fully saturated rings. The molecule has 0 aromatic heterocycles. The van der Waals surface area contributed by atoms with E-state index in [4.69, 9.17) is 14.6 Å². The van der Waals surface area contributed by atoms with Gasteiger partial charge in [-0.05, 0) is 19.3 Å². The van der Waals surface area contributed by atoms with E-state index in [1.54, 1.807) is 14.0 Å². The number of allylic oxidation sites excluding steroid dienone is 1. The molecule has 0 aromatic rings. The van der Waals surface area contributed by atoms with E-state index < -0.39 is 12.2 Å². The van der Waals surface area contributed by atoms with Crippen LogP contribution < -0.4 is 5.32 Å². The number of nitrogens with one attached hydrogen (secondary N) is 1. The van der Waals surface area contributed by atoms with Crippen molar-refractivity contribution in [1.82, 2.24) is 10.2 Å². The largest absolute Gasteiger partial charge is 0.476 e. The molecule has 10 nitrogen and oxygen atoms in total. The molecule has 2 N–H and O–H groups in total. The second-order valence-corrected chi connectivity index (χ2v) is 6.76. The Hall–Kier alpha value is -2.59. The Balaban J connectivity index is 0.000000787. The highest BCUT2D eigenvalue weighted by Gasteiger charge is 2.47. The van der Waals surface area contributed by atoms with Crippen LogP contribution in [0, 0.1) is 11.8 Å². The van der Waals surface area contributed by atoms with Crippen LogP contribution >= 0.6 is 0 Å². The summed E-state index contributed by atoms with van der Waals surface area (Å²) in [7, 11) is 4.58. The Labute approximate surface area is 178 Å². The Morgan fingerprint density at radius 1 is 1.37 bits per heavy atom. The molecule has 1 rings (SSSR count). The van der Waals surface area contributed by atoms with Gasteiger partial charge < -0.3 is 19.9 Å². The molecule has 1 aliphatic heterocycles. The molecule has 4 atom stereocenters. The number of carbonyl (C=O) groups excluding carboxylic acids is 2. The van der Waals surface area contributed by atoms with Gasteiger partial charge in [-0.2, -0.15) is 5.11 Å². The fraction of sp³-hybridized carbons (Fsp3) is 0.650. The summed E-state index contributed by atoms with van der Waals surface area (Å²) in [6.45, 7) is 7.90. The Morgan fingerprint density at radius 3 is 2.33 bits per heavy atom. The van der Waals surface area contributed by atoms with Gasteiger partial charge in [-0.3, -0.25) is 14.5 Å². The van der Waals surface area contributed by atoms with Gasteiger partial charge in [-0.25, -0.2) is 4.79 Å². The number of hydrogen-bond donors (Lipinski definition) is 2. The predicted molar refractivity (Wildman–Crippen MR) is 111 cm³/mol. The topological polar surface area (TPSA) is 130 Å². The van der Waals surface area contributed by atoms with Crippen molar-refractivity contribution in [1.29, 1.82) is 0 Å². The molecule has 170 valence electrons. The van der Waals surface area contributed by atoms with Crippen molar-refractivity contribution in [3.05, 3.63) is 24.0 Å². The quantitative estimate of drug-likeness (QED) is 0.330. The van der Waals surface area contributed by atoms with Crippen LogP contribution in [0.4, 0.5) is 0 Å². The average Bonchev–Trinajstić information content (AvgIpc) is 3.11. The smallest absolute Gasteiger partial charge is 0.356 e. The van der Waals surface area contributed by atoms with E-state index in [9.17, 15) is 14.4 Å². The predicted octanol–water partition coefficient (Wildman–Crippen LogP) is 2.18. The van der Waals surface area contributed by atoms with Gasteiger partial charge in [-0.15, -0.1) is 5.11 Å². The molecule has 0 aliphatic carbocycles. The molecular formula is C20H34N4O6. The number of aliphatic carboxylic acids is 1. The van der Waals surface area contributed by atoms with Crippen molar-refractivity contribution >= 4 is 18.3 Å². The van der Waals surface area contributed by atoms with Crippen LogP contribution in [0.25, 0.3) is 0 Å². The maximum Gasteiger partial charge on any atom is 0.356 e. The number of likely N-dealkylation sites (N-methyl/N-ethyl adjacent to an activating group) is 1. The lowest BCUT2D eigenvalue weighted by molar-refractivity contribution is -0.134. The van der Waals surface area contributed by atoms with Gasteiger partial charge in [0.1, 0.15) is 6.10 Å². The number of rotatable bonds is 9. The lowest BCUT2D eigenvalue weighted by atomic mass is 9.85. The number of methoxy groups -OCH3 is 1. The lowest BCUT2D eigenvalue weighted by Gasteiger charge is -2.28. The van der Waals surface area contributed by atoms with E-state index in [1.807, 2.05) is 0 Å². The van der Waals surface area contributed by atoms with E-state index in [1.165, 1.54) is 37.3 Å². The third-order valence-electron chi connectivity index (χ3n) is 4.61. The molecule has 1 aliphatic rings. The molecule has 1 saturated heterocycles. The van der Waals surface area contributed by atoms with Gasteiger partial charge in [-0.1, -0.05) is 26.8 Å². The van der Waals surface area contributed by atoms with Crippen molar-refractivity contribution in [2.24, 2.45) is 22.1 Å². The second kappa shape index (κ2) is 14.4. The average molecular weight is 427 g/mol. The summed E-state index contributed by atoms with van der Waals surface area (Å²) >= 11 is 0. The highest BCUT2D eigenvalue weighted by molar-refractivity contribution is 5.87. The number of hydrogen-bond acceptors (Lipinski definition) is 7. The zero-order chi connectivity index (χ0) is 23.3. The minimum absolute atomic E-state index is 0.0301. The molecule has 4 unspecified atom stereocenters. The summed E-state index contributed by atoms with van der Waals surface area (Å²) in [6, 6.07) is 0. The molecule has 0 bridgehead atoms. The molecule has 2 amide bonds. The van der Waals surface area contributed by atoms with Crippen molar-refractivity contribution in [2.45, 2.75) is 52.6 Å². The molecule has 0 radical (unpaired) electrons. The summed E-state index contributed by atoms with van der Waals surface area (Å²) in [6.07, 6.45) is 4.94. The molecule has 0 spiro atoms. The molecule has 1 heterocycles. The van der Waals surface area contributed by atoms with E-state index in [0.717, 1.165) is 6.42 Å². The number of carboxylic acid groups (broad SMARTS) is 1. The minimum atomic E-state index is -1.05.